The van der Waals surface area contributed by atoms with Gasteiger partial charge in [-0.05, 0) is 72.8 Å². The number of hydrogen-bond donors (Lipinski definition) is 3. The highest BCUT2D eigenvalue weighted by Gasteiger charge is 2.14. The molecular formula is C21H15N3O5S. The molecule has 0 amide bonds. The van der Waals surface area contributed by atoms with Crippen molar-refractivity contribution in [3.05, 3.63) is 72.8 Å². The van der Waals surface area contributed by atoms with Crippen molar-refractivity contribution in [2.24, 2.45) is 0 Å². The van der Waals surface area contributed by atoms with Crippen LogP contribution in [0, 0.1) is 0 Å². The minimum Gasteiger partial charge on any atom is -0.508 e. The predicted molar refractivity (Wildman–Crippen MR) is 109 cm³/mol. The third-order valence-corrected chi connectivity index (χ3v) is 5.16. The Kier molecular flexibility index (Phi) is 4.90. The second kappa shape index (κ2) is 7.54. The van der Waals surface area contributed by atoms with E-state index < -0.39 is 10.1 Å². The molecule has 0 radical (unpaired) electrons. The summed E-state index contributed by atoms with van der Waals surface area (Å²) in [4.78, 5) is 13.2. The van der Waals surface area contributed by atoms with Gasteiger partial charge in [0.05, 0.1) is 4.90 Å². The third kappa shape index (κ3) is 4.12. The summed E-state index contributed by atoms with van der Waals surface area (Å²) in [5.74, 6) is 1.20. The fourth-order valence-corrected chi connectivity index (χ4v) is 3.24. The van der Waals surface area contributed by atoms with E-state index in [1.807, 2.05) is 0 Å². The fraction of sp³-hybridized carbons (Fsp3) is 0. The minimum atomic E-state index is -4.31. The van der Waals surface area contributed by atoms with E-state index in [0.29, 0.717) is 28.3 Å². The van der Waals surface area contributed by atoms with Crippen LogP contribution in [0.5, 0.6) is 11.5 Å². The van der Waals surface area contributed by atoms with E-state index in [-0.39, 0.29) is 22.2 Å². The maximum absolute atomic E-state index is 11.3. The van der Waals surface area contributed by atoms with E-state index in [9.17, 15) is 23.2 Å². The zero-order valence-electron chi connectivity index (χ0n) is 15.3. The van der Waals surface area contributed by atoms with E-state index in [0.717, 1.165) is 0 Å². The van der Waals surface area contributed by atoms with Crippen LogP contribution in [0.1, 0.15) is 0 Å². The van der Waals surface area contributed by atoms with Gasteiger partial charge in [0.2, 0.25) is 0 Å². The average molecular weight is 421 g/mol. The van der Waals surface area contributed by atoms with Crippen LogP contribution >= 0.6 is 0 Å². The van der Waals surface area contributed by atoms with Gasteiger partial charge in [-0.2, -0.15) is 8.42 Å². The van der Waals surface area contributed by atoms with Crippen LogP contribution in [0.2, 0.25) is 0 Å². The van der Waals surface area contributed by atoms with Crippen molar-refractivity contribution in [3.63, 3.8) is 0 Å². The van der Waals surface area contributed by atoms with Crippen LogP contribution in [-0.2, 0) is 10.1 Å². The van der Waals surface area contributed by atoms with Crippen LogP contribution in [0.3, 0.4) is 0 Å². The summed E-state index contributed by atoms with van der Waals surface area (Å²) in [5, 5.41) is 19.1. The highest BCUT2D eigenvalue weighted by molar-refractivity contribution is 7.85. The topological polar surface area (TPSA) is 134 Å². The standard InChI is InChI=1S/C21H15N3O5S/c25-16-7-1-13(2-8-16)19-22-20(14-3-9-17(26)10-4-14)24-21(23-19)15-5-11-18(12-6-15)30(27,28)29/h1-12,25-26H,(H,27,28,29). The number of benzene rings is 3. The molecule has 0 aliphatic carbocycles. The van der Waals surface area contributed by atoms with Gasteiger partial charge in [-0.3, -0.25) is 4.55 Å². The van der Waals surface area contributed by atoms with Crippen LogP contribution < -0.4 is 0 Å². The lowest BCUT2D eigenvalue weighted by molar-refractivity contribution is 0.475. The molecule has 4 aromatic rings. The molecule has 8 nitrogen and oxygen atoms in total. The molecule has 9 heteroatoms. The molecule has 0 saturated heterocycles. The van der Waals surface area contributed by atoms with Crippen molar-refractivity contribution in [3.8, 4) is 45.7 Å². The summed E-state index contributed by atoms with van der Waals surface area (Å²) in [6, 6.07) is 18.2. The van der Waals surface area contributed by atoms with E-state index in [1.165, 1.54) is 48.5 Å². The van der Waals surface area contributed by atoms with E-state index >= 15 is 0 Å². The summed E-state index contributed by atoms with van der Waals surface area (Å²) in [6.07, 6.45) is 0. The van der Waals surface area contributed by atoms with Crippen LogP contribution in [0.15, 0.2) is 77.7 Å². The lowest BCUT2D eigenvalue weighted by atomic mass is 10.1. The van der Waals surface area contributed by atoms with Gasteiger partial charge in [-0.1, -0.05) is 0 Å². The molecule has 3 N–H and O–H groups in total. The first kappa shape index (κ1) is 19.5. The van der Waals surface area contributed by atoms with E-state index in [4.69, 9.17) is 0 Å². The minimum absolute atomic E-state index is 0.104. The molecular weight excluding hydrogens is 406 g/mol. The lowest BCUT2D eigenvalue weighted by Crippen LogP contribution is -2.01. The Labute approximate surface area is 171 Å². The average Bonchev–Trinajstić information content (AvgIpc) is 2.74. The van der Waals surface area contributed by atoms with Crippen LogP contribution in [0.4, 0.5) is 0 Å². The number of phenolic OH excluding ortho intramolecular Hbond substituents is 2. The van der Waals surface area contributed by atoms with E-state index in [2.05, 4.69) is 15.0 Å². The first-order valence-corrected chi connectivity index (χ1v) is 10.2. The normalized spacial score (nSPS) is 11.4. The van der Waals surface area contributed by atoms with E-state index in [1.54, 1.807) is 24.3 Å². The molecule has 0 saturated carbocycles. The van der Waals surface area contributed by atoms with Crippen molar-refractivity contribution in [1.82, 2.24) is 15.0 Å². The zero-order chi connectivity index (χ0) is 21.3. The Morgan fingerprint density at radius 2 is 0.833 bits per heavy atom. The first-order valence-electron chi connectivity index (χ1n) is 8.72. The predicted octanol–water partition coefficient (Wildman–Crippen LogP) is 3.53. The number of nitrogens with zero attached hydrogens (tertiary/aromatic N) is 3. The van der Waals surface area contributed by atoms with Gasteiger partial charge in [-0.15, -0.1) is 0 Å². The molecule has 0 unspecified atom stereocenters. The molecule has 1 aromatic heterocycles. The summed E-state index contributed by atoms with van der Waals surface area (Å²) in [5.41, 5.74) is 1.81. The quantitative estimate of drug-likeness (QED) is 0.426. The van der Waals surface area contributed by atoms with Crippen molar-refractivity contribution in [2.45, 2.75) is 4.90 Å². The molecule has 0 bridgehead atoms. The molecule has 0 spiro atoms. The number of hydrogen-bond acceptors (Lipinski definition) is 7. The highest BCUT2D eigenvalue weighted by atomic mass is 32.2. The van der Waals surface area contributed by atoms with Gasteiger partial charge in [-0.25, -0.2) is 15.0 Å². The lowest BCUT2D eigenvalue weighted by Gasteiger charge is -2.09. The molecule has 4 rings (SSSR count). The van der Waals surface area contributed by atoms with Gasteiger partial charge < -0.3 is 10.2 Å². The highest BCUT2D eigenvalue weighted by Crippen LogP contribution is 2.27. The zero-order valence-corrected chi connectivity index (χ0v) is 16.2. The molecule has 150 valence electrons. The third-order valence-electron chi connectivity index (χ3n) is 4.30. The first-order chi connectivity index (χ1) is 14.3. The number of aromatic nitrogens is 3. The number of rotatable bonds is 4. The fourth-order valence-electron chi connectivity index (χ4n) is 2.76. The summed E-state index contributed by atoms with van der Waals surface area (Å²) in [7, 11) is -4.31. The maximum Gasteiger partial charge on any atom is 0.294 e. The Hall–Kier alpha value is -3.82. The molecule has 1 heterocycles. The summed E-state index contributed by atoms with van der Waals surface area (Å²) < 4.78 is 31.7. The molecule has 30 heavy (non-hydrogen) atoms. The van der Waals surface area contributed by atoms with Gasteiger partial charge in [0.25, 0.3) is 10.1 Å². The molecule has 3 aromatic carbocycles. The maximum atomic E-state index is 11.3. The molecule has 0 atom stereocenters. The number of phenols is 2. The molecule has 0 aliphatic rings. The van der Waals surface area contributed by atoms with Gasteiger partial charge in [0.15, 0.2) is 17.5 Å². The smallest absolute Gasteiger partial charge is 0.294 e. The second-order valence-electron chi connectivity index (χ2n) is 6.40. The Balaban J connectivity index is 1.87. The second-order valence-corrected chi connectivity index (χ2v) is 7.82. The Morgan fingerprint density at radius 3 is 1.13 bits per heavy atom. The van der Waals surface area contributed by atoms with Crippen molar-refractivity contribution >= 4 is 10.1 Å². The summed E-state index contributed by atoms with van der Waals surface area (Å²) >= 11 is 0. The van der Waals surface area contributed by atoms with Crippen molar-refractivity contribution < 1.29 is 23.2 Å². The summed E-state index contributed by atoms with van der Waals surface area (Å²) in [6.45, 7) is 0. The number of aromatic hydroxyl groups is 2. The van der Waals surface area contributed by atoms with Crippen molar-refractivity contribution in [2.75, 3.05) is 0 Å². The van der Waals surface area contributed by atoms with Crippen molar-refractivity contribution in [1.29, 1.82) is 0 Å². The molecule has 0 fully saturated rings. The Morgan fingerprint density at radius 1 is 0.533 bits per heavy atom. The largest absolute Gasteiger partial charge is 0.508 e. The van der Waals surface area contributed by atoms with Crippen LogP contribution in [-0.4, -0.2) is 38.1 Å². The van der Waals surface area contributed by atoms with Crippen LogP contribution in [0.25, 0.3) is 34.2 Å². The Bertz CT molecular complexity index is 1240. The van der Waals surface area contributed by atoms with Gasteiger partial charge in [0, 0.05) is 16.7 Å². The van der Waals surface area contributed by atoms with Gasteiger partial charge >= 0.3 is 0 Å². The van der Waals surface area contributed by atoms with Gasteiger partial charge in [0.1, 0.15) is 11.5 Å². The monoisotopic (exact) mass is 421 g/mol. The molecule has 0 aliphatic heterocycles. The SMILES string of the molecule is O=S(=O)(O)c1ccc(-c2nc(-c3ccc(O)cc3)nc(-c3ccc(O)cc3)n2)cc1.